The van der Waals surface area contributed by atoms with Crippen molar-refractivity contribution in [1.82, 2.24) is 19.7 Å². The second-order valence-corrected chi connectivity index (χ2v) is 3.39. The van der Waals surface area contributed by atoms with Crippen molar-refractivity contribution >= 4 is 5.97 Å². The first kappa shape index (κ1) is 11.3. The lowest BCUT2D eigenvalue weighted by Gasteiger charge is -2.01. The van der Waals surface area contributed by atoms with E-state index in [0.717, 1.165) is 5.56 Å². The Morgan fingerprint density at radius 1 is 1.53 bits per heavy atom. The molecule has 6 heteroatoms. The van der Waals surface area contributed by atoms with Gasteiger partial charge in [0.1, 0.15) is 0 Å². The predicted molar refractivity (Wildman–Crippen MR) is 60.2 cm³/mol. The smallest absolute Gasteiger partial charge is 0.357 e. The number of aryl methyl sites for hydroxylation is 1. The Bertz CT molecular complexity index is 536. The second-order valence-electron chi connectivity index (χ2n) is 3.39. The highest BCUT2D eigenvalue weighted by atomic mass is 16.5. The first-order valence-corrected chi connectivity index (χ1v) is 5.20. The van der Waals surface area contributed by atoms with Crippen molar-refractivity contribution in [1.29, 1.82) is 0 Å². The summed E-state index contributed by atoms with van der Waals surface area (Å²) in [7, 11) is 1.80. The molecule has 88 valence electrons. The van der Waals surface area contributed by atoms with Gasteiger partial charge in [-0.1, -0.05) is 0 Å². The van der Waals surface area contributed by atoms with E-state index < -0.39 is 5.97 Å². The number of ether oxygens (including phenoxy) is 1. The second kappa shape index (κ2) is 4.73. The van der Waals surface area contributed by atoms with E-state index in [1.165, 1.54) is 12.3 Å². The number of nitrogens with zero attached hydrogens (tertiary/aromatic N) is 4. The topological polar surface area (TPSA) is 69.9 Å². The van der Waals surface area contributed by atoms with Gasteiger partial charge in [0.2, 0.25) is 0 Å². The molecule has 0 atom stereocenters. The largest absolute Gasteiger partial charge is 0.461 e. The molecule has 0 aliphatic carbocycles. The van der Waals surface area contributed by atoms with Crippen molar-refractivity contribution in [2.45, 2.75) is 6.92 Å². The summed E-state index contributed by atoms with van der Waals surface area (Å²) in [5, 5.41) is 4.02. The zero-order chi connectivity index (χ0) is 12.3. The van der Waals surface area contributed by atoms with Gasteiger partial charge in [-0.3, -0.25) is 4.68 Å². The van der Waals surface area contributed by atoms with Crippen LogP contribution in [0.4, 0.5) is 0 Å². The summed E-state index contributed by atoms with van der Waals surface area (Å²) in [6.45, 7) is 2.08. The maximum Gasteiger partial charge on any atom is 0.357 e. The summed E-state index contributed by atoms with van der Waals surface area (Å²) in [4.78, 5) is 19.7. The van der Waals surface area contributed by atoms with E-state index in [4.69, 9.17) is 4.74 Å². The van der Waals surface area contributed by atoms with Gasteiger partial charge in [-0.25, -0.2) is 14.8 Å². The van der Waals surface area contributed by atoms with Gasteiger partial charge in [0, 0.05) is 19.4 Å². The van der Waals surface area contributed by atoms with Gasteiger partial charge >= 0.3 is 5.97 Å². The molecule has 0 aliphatic heterocycles. The van der Waals surface area contributed by atoms with Crippen molar-refractivity contribution in [3.05, 3.63) is 30.4 Å². The van der Waals surface area contributed by atoms with E-state index in [0.29, 0.717) is 12.4 Å². The van der Waals surface area contributed by atoms with Crippen molar-refractivity contribution in [2.24, 2.45) is 7.05 Å². The molecule has 0 amide bonds. The third-order valence-electron chi connectivity index (χ3n) is 2.10. The molecule has 0 N–H and O–H groups in total. The van der Waals surface area contributed by atoms with E-state index >= 15 is 0 Å². The number of esters is 1. The summed E-state index contributed by atoms with van der Waals surface area (Å²) in [5.41, 5.74) is 1.01. The normalized spacial score (nSPS) is 10.2. The molecule has 2 aromatic heterocycles. The van der Waals surface area contributed by atoms with Crippen molar-refractivity contribution in [3.8, 4) is 11.4 Å². The summed E-state index contributed by atoms with van der Waals surface area (Å²) >= 11 is 0. The van der Waals surface area contributed by atoms with Crippen LogP contribution in [-0.4, -0.2) is 32.3 Å². The number of hydrogen-bond acceptors (Lipinski definition) is 5. The van der Waals surface area contributed by atoms with Crippen LogP contribution in [0.1, 0.15) is 17.4 Å². The molecule has 0 fully saturated rings. The lowest BCUT2D eigenvalue weighted by molar-refractivity contribution is 0.0519. The number of rotatable bonds is 3. The minimum Gasteiger partial charge on any atom is -0.461 e. The minimum absolute atomic E-state index is 0.251. The first-order chi connectivity index (χ1) is 8.20. The number of carbonyl (C=O) groups excluding carboxylic acids is 1. The van der Waals surface area contributed by atoms with E-state index in [-0.39, 0.29) is 5.69 Å². The van der Waals surface area contributed by atoms with Crippen LogP contribution in [0.25, 0.3) is 11.4 Å². The van der Waals surface area contributed by atoms with Gasteiger partial charge in [0.05, 0.1) is 18.4 Å². The average molecular weight is 232 g/mol. The SMILES string of the molecule is CCOC(=O)c1ccnc(-c2cnn(C)c2)n1. The van der Waals surface area contributed by atoms with Crippen molar-refractivity contribution in [3.63, 3.8) is 0 Å². The molecule has 0 aliphatic rings. The summed E-state index contributed by atoms with van der Waals surface area (Å²) in [6.07, 6.45) is 4.95. The van der Waals surface area contributed by atoms with Crippen LogP contribution in [0.2, 0.25) is 0 Å². The number of hydrogen-bond donors (Lipinski definition) is 0. The maximum absolute atomic E-state index is 11.5. The quantitative estimate of drug-likeness (QED) is 0.740. The predicted octanol–water partition coefficient (Wildman–Crippen LogP) is 1.05. The Labute approximate surface area is 98.3 Å². The van der Waals surface area contributed by atoms with E-state index in [1.54, 1.807) is 31.0 Å². The first-order valence-electron chi connectivity index (χ1n) is 5.20. The fraction of sp³-hybridized carbons (Fsp3) is 0.273. The monoisotopic (exact) mass is 232 g/mol. The van der Waals surface area contributed by atoms with Crippen molar-refractivity contribution in [2.75, 3.05) is 6.61 Å². The van der Waals surface area contributed by atoms with E-state index in [1.807, 2.05) is 0 Å². The van der Waals surface area contributed by atoms with Gasteiger partial charge < -0.3 is 4.74 Å². The third-order valence-corrected chi connectivity index (χ3v) is 2.10. The zero-order valence-corrected chi connectivity index (χ0v) is 9.62. The molecule has 0 bridgehead atoms. The fourth-order valence-corrected chi connectivity index (χ4v) is 1.35. The Morgan fingerprint density at radius 3 is 3.00 bits per heavy atom. The van der Waals surface area contributed by atoms with Gasteiger partial charge in [-0.2, -0.15) is 5.10 Å². The van der Waals surface area contributed by atoms with Crippen molar-refractivity contribution < 1.29 is 9.53 Å². The molecule has 0 radical (unpaired) electrons. The Morgan fingerprint density at radius 2 is 2.35 bits per heavy atom. The van der Waals surface area contributed by atoms with E-state index in [9.17, 15) is 4.79 Å². The van der Waals surface area contributed by atoms with Gasteiger partial charge in [-0.05, 0) is 13.0 Å². The molecular weight excluding hydrogens is 220 g/mol. The van der Waals surface area contributed by atoms with Gasteiger partial charge in [-0.15, -0.1) is 0 Å². The summed E-state index contributed by atoms with van der Waals surface area (Å²) in [5.74, 6) is 0.0173. The lowest BCUT2D eigenvalue weighted by atomic mass is 10.3. The minimum atomic E-state index is -0.444. The van der Waals surface area contributed by atoms with Crippen LogP contribution in [0.5, 0.6) is 0 Å². The highest BCUT2D eigenvalue weighted by Gasteiger charge is 2.11. The fourth-order valence-electron chi connectivity index (χ4n) is 1.35. The molecule has 6 nitrogen and oxygen atoms in total. The summed E-state index contributed by atoms with van der Waals surface area (Å²) in [6, 6.07) is 1.53. The van der Waals surface area contributed by atoms with Crippen LogP contribution in [0.3, 0.4) is 0 Å². The standard InChI is InChI=1S/C11H12N4O2/c1-3-17-11(16)9-4-5-12-10(14-9)8-6-13-15(2)7-8/h4-7H,3H2,1-2H3. The Balaban J connectivity index is 2.31. The molecule has 0 aromatic carbocycles. The Hall–Kier alpha value is -2.24. The lowest BCUT2D eigenvalue weighted by Crippen LogP contribution is -2.08. The molecule has 0 saturated heterocycles. The Kier molecular flexibility index (Phi) is 3.13. The number of aromatic nitrogens is 4. The van der Waals surface area contributed by atoms with Gasteiger partial charge in [0.25, 0.3) is 0 Å². The maximum atomic E-state index is 11.5. The highest BCUT2D eigenvalue weighted by Crippen LogP contribution is 2.13. The third kappa shape index (κ3) is 2.47. The molecular formula is C11H12N4O2. The molecule has 0 saturated carbocycles. The molecule has 2 heterocycles. The zero-order valence-electron chi connectivity index (χ0n) is 9.62. The molecule has 2 rings (SSSR count). The molecule has 17 heavy (non-hydrogen) atoms. The van der Waals surface area contributed by atoms with Crippen LogP contribution in [0, 0.1) is 0 Å². The van der Waals surface area contributed by atoms with E-state index in [2.05, 4.69) is 15.1 Å². The van der Waals surface area contributed by atoms with Crippen LogP contribution < -0.4 is 0 Å². The molecule has 0 unspecified atom stereocenters. The van der Waals surface area contributed by atoms with Gasteiger partial charge in [0.15, 0.2) is 11.5 Å². The van der Waals surface area contributed by atoms with Crippen LogP contribution in [-0.2, 0) is 11.8 Å². The number of carbonyl (C=O) groups is 1. The summed E-state index contributed by atoms with van der Waals surface area (Å²) < 4.78 is 6.52. The highest BCUT2D eigenvalue weighted by molar-refractivity contribution is 5.87. The molecule has 2 aromatic rings. The average Bonchev–Trinajstić information content (AvgIpc) is 2.76. The van der Waals surface area contributed by atoms with Crippen LogP contribution in [0.15, 0.2) is 24.7 Å². The molecule has 0 spiro atoms. The van der Waals surface area contributed by atoms with Crippen LogP contribution >= 0.6 is 0 Å².